The smallest absolute Gasteiger partial charge is 0.335 e. The Bertz CT molecular complexity index is 576. The molecule has 1 aromatic rings. The van der Waals surface area contributed by atoms with Gasteiger partial charge in [0.2, 0.25) is 0 Å². The summed E-state index contributed by atoms with van der Waals surface area (Å²) in [4.78, 5) is 24.6. The number of aliphatic carboxylic acids is 1. The summed E-state index contributed by atoms with van der Waals surface area (Å²) in [6, 6.07) is 7.62. The molecule has 1 heterocycles. The first kappa shape index (κ1) is 17.3. The predicted molar refractivity (Wildman–Crippen MR) is 84.4 cm³/mol. The molecule has 1 saturated heterocycles. The molecule has 2 rings (SSSR count). The average molecular weight is 321 g/mol. The van der Waals surface area contributed by atoms with Crippen molar-refractivity contribution in [1.29, 1.82) is 0 Å². The Labute approximate surface area is 135 Å². The fraction of sp³-hybridized carbons (Fsp3) is 0.529. The number of aliphatic hydroxyl groups is 1. The topological polar surface area (TPSA) is 87.1 Å². The second-order valence-corrected chi connectivity index (χ2v) is 6.23. The summed E-state index contributed by atoms with van der Waals surface area (Å²) in [5.41, 5.74) is -0.581. The fourth-order valence-corrected chi connectivity index (χ4v) is 2.54. The second kappa shape index (κ2) is 7.00. The van der Waals surface area contributed by atoms with Crippen molar-refractivity contribution < 1.29 is 24.5 Å². The van der Waals surface area contributed by atoms with E-state index in [1.165, 1.54) is 4.90 Å². The highest BCUT2D eigenvalue weighted by Crippen LogP contribution is 2.23. The van der Waals surface area contributed by atoms with Crippen LogP contribution in [0.2, 0.25) is 0 Å². The van der Waals surface area contributed by atoms with Gasteiger partial charge in [0.05, 0.1) is 0 Å². The summed E-state index contributed by atoms with van der Waals surface area (Å²) in [6.45, 7) is 4.52. The van der Waals surface area contributed by atoms with E-state index in [0.29, 0.717) is 11.7 Å². The maximum Gasteiger partial charge on any atom is 0.335 e. The average Bonchev–Trinajstić information content (AvgIpc) is 2.53. The molecule has 1 amide bonds. The first-order chi connectivity index (χ1) is 10.8. The van der Waals surface area contributed by atoms with E-state index < -0.39 is 11.6 Å². The molecule has 126 valence electrons. The molecule has 0 aliphatic carbocycles. The Morgan fingerprint density at radius 1 is 1.30 bits per heavy atom. The van der Waals surface area contributed by atoms with Gasteiger partial charge < -0.3 is 19.8 Å². The number of ether oxygens (including phenoxy) is 1. The number of carboxylic acids is 1. The Morgan fingerprint density at radius 2 is 1.96 bits per heavy atom. The molecule has 6 nitrogen and oxygen atoms in total. The molecule has 0 bridgehead atoms. The molecule has 0 radical (unpaired) electrons. The Kier molecular flexibility index (Phi) is 5.26. The number of likely N-dealkylation sites (tertiary alicyclic amines) is 1. The van der Waals surface area contributed by atoms with Gasteiger partial charge in [0.25, 0.3) is 5.91 Å². The number of piperidine rings is 1. The van der Waals surface area contributed by atoms with Crippen molar-refractivity contribution >= 4 is 11.9 Å². The molecular weight excluding hydrogens is 298 g/mol. The quantitative estimate of drug-likeness (QED) is 0.860. The van der Waals surface area contributed by atoms with Crippen molar-refractivity contribution in [3.05, 3.63) is 29.8 Å². The second-order valence-electron chi connectivity index (χ2n) is 6.23. The lowest BCUT2D eigenvalue weighted by molar-refractivity contribution is -0.165. The summed E-state index contributed by atoms with van der Waals surface area (Å²) >= 11 is 0. The lowest BCUT2D eigenvalue weighted by atomic mass is 9.91. The molecule has 1 aromatic carbocycles. The predicted octanol–water partition coefficient (Wildman–Crippen LogP) is 1.63. The van der Waals surface area contributed by atoms with E-state index in [0.717, 1.165) is 5.56 Å². The van der Waals surface area contributed by atoms with Gasteiger partial charge in [-0.25, -0.2) is 4.79 Å². The number of benzene rings is 1. The number of carbonyl (C=O) groups excluding carboxylic acids is 1. The zero-order valence-corrected chi connectivity index (χ0v) is 13.5. The molecule has 1 aliphatic rings. The molecule has 0 spiro atoms. The molecule has 1 aliphatic heterocycles. The van der Waals surface area contributed by atoms with Crippen LogP contribution >= 0.6 is 0 Å². The SMILES string of the molecule is CC(C)c1cccc(OCC(=O)N2CCC(O)(C(=O)O)CC2)c1. The maximum absolute atomic E-state index is 12.1. The molecular formula is C17H23NO5. The minimum absolute atomic E-state index is 0.0386. The van der Waals surface area contributed by atoms with Gasteiger partial charge in [-0.15, -0.1) is 0 Å². The fourth-order valence-electron chi connectivity index (χ4n) is 2.54. The minimum atomic E-state index is -1.72. The van der Waals surface area contributed by atoms with Crippen molar-refractivity contribution in [2.24, 2.45) is 0 Å². The van der Waals surface area contributed by atoms with Gasteiger partial charge in [-0.3, -0.25) is 4.79 Å². The molecule has 6 heteroatoms. The molecule has 0 aromatic heterocycles. The van der Waals surface area contributed by atoms with Gasteiger partial charge in [-0.2, -0.15) is 0 Å². The Hall–Kier alpha value is -2.08. The molecule has 23 heavy (non-hydrogen) atoms. The van der Waals surface area contributed by atoms with Crippen molar-refractivity contribution in [2.45, 2.75) is 38.2 Å². The zero-order chi connectivity index (χ0) is 17.0. The zero-order valence-electron chi connectivity index (χ0n) is 13.5. The van der Waals surface area contributed by atoms with Crippen LogP contribution in [0.4, 0.5) is 0 Å². The van der Waals surface area contributed by atoms with E-state index in [9.17, 15) is 14.7 Å². The third-order valence-corrected chi connectivity index (χ3v) is 4.23. The van der Waals surface area contributed by atoms with E-state index in [-0.39, 0.29) is 38.4 Å². The van der Waals surface area contributed by atoms with Crippen LogP contribution in [-0.2, 0) is 9.59 Å². The first-order valence-electron chi connectivity index (χ1n) is 7.78. The number of amides is 1. The van der Waals surface area contributed by atoms with E-state index in [1.807, 2.05) is 18.2 Å². The summed E-state index contributed by atoms with van der Waals surface area (Å²) in [5.74, 6) is -0.410. The highest BCUT2D eigenvalue weighted by molar-refractivity contribution is 5.80. The van der Waals surface area contributed by atoms with Crippen LogP contribution < -0.4 is 4.74 Å². The van der Waals surface area contributed by atoms with Gasteiger partial charge in [0.15, 0.2) is 12.2 Å². The van der Waals surface area contributed by atoms with E-state index in [2.05, 4.69) is 13.8 Å². The number of hydrogen-bond acceptors (Lipinski definition) is 4. The summed E-state index contributed by atoms with van der Waals surface area (Å²) < 4.78 is 5.54. The van der Waals surface area contributed by atoms with E-state index in [4.69, 9.17) is 9.84 Å². The number of carbonyl (C=O) groups is 2. The summed E-state index contributed by atoms with van der Waals surface area (Å²) in [5, 5.41) is 18.8. The normalized spacial score (nSPS) is 17.1. The lowest BCUT2D eigenvalue weighted by Gasteiger charge is -2.35. The van der Waals surface area contributed by atoms with Gasteiger partial charge >= 0.3 is 5.97 Å². The van der Waals surface area contributed by atoms with Crippen LogP contribution in [0.25, 0.3) is 0 Å². The highest BCUT2D eigenvalue weighted by atomic mass is 16.5. The van der Waals surface area contributed by atoms with Crippen molar-refractivity contribution in [3.8, 4) is 5.75 Å². The third-order valence-electron chi connectivity index (χ3n) is 4.23. The van der Waals surface area contributed by atoms with Crippen molar-refractivity contribution in [1.82, 2.24) is 4.90 Å². The van der Waals surface area contributed by atoms with Crippen LogP contribution in [0.15, 0.2) is 24.3 Å². The van der Waals surface area contributed by atoms with Crippen LogP contribution in [0, 0.1) is 0 Å². The Morgan fingerprint density at radius 3 is 2.52 bits per heavy atom. The van der Waals surface area contributed by atoms with E-state index >= 15 is 0 Å². The molecule has 1 fully saturated rings. The highest BCUT2D eigenvalue weighted by Gasteiger charge is 2.40. The van der Waals surface area contributed by atoms with Crippen LogP contribution in [0.3, 0.4) is 0 Å². The number of carboxylic acid groups (broad SMARTS) is 1. The van der Waals surface area contributed by atoms with E-state index in [1.54, 1.807) is 6.07 Å². The standard InChI is InChI=1S/C17H23NO5/c1-12(2)13-4-3-5-14(10-13)23-11-15(19)18-8-6-17(22,7-9-18)16(20)21/h3-5,10,12,22H,6-9,11H2,1-2H3,(H,20,21). The summed E-state index contributed by atoms with van der Waals surface area (Å²) in [6.07, 6.45) is 0.0772. The third kappa shape index (κ3) is 4.22. The number of nitrogens with zero attached hydrogens (tertiary/aromatic N) is 1. The van der Waals surface area contributed by atoms with Crippen molar-refractivity contribution in [3.63, 3.8) is 0 Å². The molecule has 2 N–H and O–H groups in total. The van der Waals surface area contributed by atoms with Gasteiger partial charge in [-0.1, -0.05) is 26.0 Å². The van der Waals surface area contributed by atoms with Gasteiger partial charge in [-0.05, 0) is 23.6 Å². The largest absolute Gasteiger partial charge is 0.484 e. The molecule has 0 unspecified atom stereocenters. The minimum Gasteiger partial charge on any atom is -0.484 e. The van der Waals surface area contributed by atoms with Gasteiger partial charge in [0, 0.05) is 25.9 Å². The van der Waals surface area contributed by atoms with Crippen molar-refractivity contribution in [2.75, 3.05) is 19.7 Å². The molecule has 0 saturated carbocycles. The van der Waals surface area contributed by atoms with Crippen LogP contribution in [-0.4, -0.2) is 52.3 Å². The number of hydrogen-bond donors (Lipinski definition) is 2. The lowest BCUT2D eigenvalue weighted by Crippen LogP contribution is -2.51. The molecule has 0 atom stereocenters. The Balaban J connectivity index is 1.86. The van der Waals surface area contributed by atoms with Crippen LogP contribution in [0.5, 0.6) is 5.75 Å². The van der Waals surface area contributed by atoms with Crippen LogP contribution in [0.1, 0.15) is 38.2 Å². The first-order valence-corrected chi connectivity index (χ1v) is 7.78. The van der Waals surface area contributed by atoms with Gasteiger partial charge in [0.1, 0.15) is 5.75 Å². The number of rotatable bonds is 5. The maximum atomic E-state index is 12.1. The monoisotopic (exact) mass is 321 g/mol. The summed E-state index contributed by atoms with van der Waals surface area (Å²) in [7, 11) is 0.